The average Bonchev–Trinajstić information content (AvgIpc) is 2.41. The van der Waals surface area contributed by atoms with Crippen LogP contribution in [-0.4, -0.2) is 5.91 Å². The van der Waals surface area contributed by atoms with E-state index in [1.54, 1.807) is 6.92 Å². The Labute approximate surface area is 131 Å². The highest BCUT2D eigenvalue weighted by Crippen LogP contribution is 2.25. The molecule has 110 valence electrons. The highest BCUT2D eigenvalue weighted by atomic mass is 79.9. The Kier molecular flexibility index (Phi) is 4.32. The van der Waals surface area contributed by atoms with Crippen molar-refractivity contribution in [2.24, 2.45) is 0 Å². The number of benzene rings is 2. The van der Waals surface area contributed by atoms with Gasteiger partial charge in [0.2, 0.25) is 0 Å². The maximum atomic E-state index is 13.7. The number of anilines is 2. The van der Waals surface area contributed by atoms with Gasteiger partial charge in [0.1, 0.15) is 5.82 Å². The minimum absolute atomic E-state index is 0.203. The third-order valence-corrected chi connectivity index (χ3v) is 4.59. The molecule has 3 N–H and O–H groups in total. The zero-order valence-electron chi connectivity index (χ0n) is 12.1. The summed E-state index contributed by atoms with van der Waals surface area (Å²) in [5, 5.41) is 2.76. The first-order valence-electron chi connectivity index (χ1n) is 6.43. The molecular weight excluding hydrogens is 335 g/mol. The van der Waals surface area contributed by atoms with E-state index < -0.39 is 5.82 Å². The fourth-order valence-electron chi connectivity index (χ4n) is 2.05. The van der Waals surface area contributed by atoms with Gasteiger partial charge in [0.05, 0.1) is 0 Å². The quantitative estimate of drug-likeness (QED) is 0.791. The van der Waals surface area contributed by atoms with Gasteiger partial charge >= 0.3 is 0 Å². The van der Waals surface area contributed by atoms with Gasteiger partial charge in [0, 0.05) is 27.0 Å². The van der Waals surface area contributed by atoms with Crippen molar-refractivity contribution in [1.82, 2.24) is 0 Å². The minimum atomic E-state index is -0.483. The number of nitrogens with two attached hydrogens (primary N) is 1. The van der Waals surface area contributed by atoms with Crippen molar-refractivity contribution >= 4 is 33.2 Å². The summed E-state index contributed by atoms with van der Waals surface area (Å²) in [6.45, 7) is 5.46. The highest BCUT2D eigenvalue weighted by molar-refractivity contribution is 9.10. The van der Waals surface area contributed by atoms with Gasteiger partial charge in [-0.2, -0.15) is 0 Å². The van der Waals surface area contributed by atoms with Crippen molar-refractivity contribution in [3.8, 4) is 0 Å². The summed E-state index contributed by atoms with van der Waals surface area (Å²) in [5.41, 5.74) is 9.21. The summed E-state index contributed by atoms with van der Waals surface area (Å²) in [5.74, 6) is -0.870. The molecule has 0 aromatic heterocycles. The number of carbonyl (C=O) groups is 1. The number of hydrogen-bond donors (Lipinski definition) is 2. The summed E-state index contributed by atoms with van der Waals surface area (Å²) in [7, 11) is 0. The van der Waals surface area contributed by atoms with E-state index in [-0.39, 0.29) is 17.2 Å². The summed E-state index contributed by atoms with van der Waals surface area (Å²) < 4.78 is 14.7. The van der Waals surface area contributed by atoms with E-state index in [0.717, 1.165) is 15.6 Å². The Morgan fingerprint density at radius 2 is 1.71 bits per heavy atom. The van der Waals surface area contributed by atoms with Gasteiger partial charge in [0.15, 0.2) is 0 Å². The lowest BCUT2D eigenvalue weighted by Gasteiger charge is -2.11. The molecule has 0 bridgehead atoms. The molecule has 0 heterocycles. The van der Waals surface area contributed by atoms with Crippen LogP contribution in [0.25, 0.3) is 0 Å². The number of halogens is 2. The SMILES string of the molecule is Cc1cc(NC(=O)c2cc(N)c(C)c(F)c2)cc(C)c1Br. The molecule has 0 fully saturated rings. The average molecular weight is 351 g/mol. The monoisotopic (exact) mass is 350 g/mol. The topological polar surface area (TPSA) is 55.1 Å². The summed E-state index contributed by atoms with van der Waals surface area (Å²) in [4.78, 5) is 12.2. The first kappa shape index (κ1) is 15.5. The van der Waals surface area contributed by atoms with Crippen molar-refractivity contribution in [3.63, 3.8) is 0 Å². The zero-order valence-corrected chi connectivity index (χ0v) is 13.6. The normalized spacial score (nSPS) is 10.5. The second-order valence-electron chi connectivity index (χ2n) is 5.05. The van der Waals surface area contributed by atoms with Crippen LogP contribution < -0.4 is 11.1 Å². The highest BCUT2D eigenvalue weighted by Gasteiger charge is 2.12. The summed E-state index contributed by atoms with van der Waals surface area (Å²) in [6.07, 6.45) is 0. The lowest BCUT2D eigenvalue weighted by molar-refractivity contribution is 0.102. The third-order valence-electron chi connectivity index (χ3n) is 3.34. The van der Waals surface area contributed by atoms with E-state index in [2.05, 4.69) is 21.2 Å². The molecule has 5 heteroatoms. The molecule has 0 atom stereocenters. The van der Waals surface area contributed by atoms with E-state index in [1.165, 1.54) is 12.1 Å². The second-order valence-corrected chi connectivity index (χ2v) is 5.84. The van der Waals surface area contributed by atoms with Crippen molar-refractivity contribution in [3.05, 3.63) is 56.8 Å². The van der Waals surface area contributed by atoms with Gasteiger partial charge in [0.25, 0.3) is 5.91 Å². The molecule has 1 amide bonds. The Balaban J connectivity index is 2.30. The first-order chi connectivity index (χ1) is 9.79. The molecule has 0 unspecified atom stereocenters. The molecule has 0 aliphatic heterocycles. The molecule has 0 saturated heterocycles. The van der Waals surface area contributed by atoms with Crippen LogP contribution in [-0.2, 0) is 0 Å². The lowest BCUT2D eigenvalue weighted by atomic mass is 10.1. The van der Waals surface area contributed by atoms with Crippen LogP contribution in [0, 0.1) is 26.6 Å². The van der Waals surface area contributed by atoms with Crippen molar-refractivity contribution in [2.45, 2.75) is 20.8 Å². The smallest absolute Gasteiger partial charge is 0.255 e. The molecule has 3 nitrogen and oxygen atoms in total. The molecule has 0 aliphatic carbocycles. The molecule has 2 aromatic carbocycles. The van der Waals surface area contributed by atoms with E-state index in [0.29, 0.717) is 11.3 Å². The van der Waals surface area contributed by atoms with E-state index in [1.807, 2.05) is 26.0 Å². The van der Waals surface area contributed by atoms with Gasteiger partial charge < -0.3 is 11.1 Å². The van der Waals surface area contributed by atoms with Crippen molar-refractivity contribution in [2.75, 3.05) is 11.1 Å². The fourth-order valence-corrected chi connectivity index (χ4v) is 2.28. The molecule has 0 saturated carbocycles. The molecular formula is C16H16BrFN2O. The number of hydrogen-bond acceptors (Lipinski definition) is 2. The second kappa shape index (κ2) is 5.85. The Bertz CT molecular complexity index is 682. The largest absolute Gasteiger partial charge is 0.398 e. The van der Waals surface area contributed by atoms with E-state index >= 15 is 0 Å². The Hall–Kier alpha value is -1.88. The van der Waals surface area contributed by atoms with Gasteiger partial charge in [-0.1, -0.05) is 15.9 Å². The number of nitrogens with one attached hydrogen (secondary N) is 1. The maximum absolute atomic E-state index is 13.7. The van der Waals surface area contributed by atoms with Crippen LogP contribution >= 0.6 is 15.9 Å². The number of amides is 1. The third kappa shape index (κ3) is 3.24. The van der Waals surface area contributed by atoms with Crippen LogP contribution in [0.1, 0.15) is 27.0 Å². The number of aryl methyl sites for hydroxylation is 2. The number of carbonyl (C=O) groups excluding carboxylic acids is 1. The number of nitrogen functional groups attached to an aromatic ring is 1. The maximum Gasteiger partial charge on any atom is 0.255 e. The molecule has 21 heavy (non-hydrogen) atoms. The van der Waals surface area contributed by atoms with Crippen LogP contribution in [0.3, 0.4) is 0 Å². The van der Waals surface area contributed by atoms with Gasteiger partial charge in [-0.15, -0.1) is 0 Å². The van der Waals surface area contributed by atoms with Crippen LogP contribution in [0.2, 0.25) is 0 Å². The first-order valence-corrected chi connectivity index (χ1v) is 7.22. The van der Waals surface area contributed by atoms with Crippen LogP contribution in [0.15, 0.2) is 28.7 Å². The zero-order chi connectivity index (χ0) is 15.7. The van der Waals surface area contributed by atoms with Crippen LogP contribution in [0.4, 0.5) is 15.8 Å². The fraction of sp³-hybridized carbons (Fsp3) is 0.188. The van der Waals surface area contributed by atoms with Crippen LogP contribution in [0.5, 0.6) is 0 Å². The van der Waals surface area contributed by atoms with E-state index in [4.69, 9.17) is 5.73 Å². The Morgan fingerprint density at radius 3 is 2.24 bits per heavy atom. The molecule has 0 aliphatic rings. The minimum Gasteiger partial charge on any atom is -0.398 e. The standard InChI is InChI=1S/C16H16BrFN2O/c1-8-4-12(5-9(2)15(8)17)20-16(21)11-6-13(18)10(3)14(19)7-11/h4-7H,19H2,1-3H3,(H,20,21). The van der Waals surface area contributed by atoms with Gasteiger partial charge in [-0.25, -0.2) is 4.39 Å². The molecule has 0 radical (unpaired) electrons. The molecule has 2 rings (SSSR count). The molecule has 0 spiro atoms. The summed E-state index contributed by atoms with van der Waals surface area (Å²) >= 11 is 3.47. The number of rotatable bonds is 2. The van der Waals surface area contributed by atoms with Gasteiger partial charge in [-0.3, -0.25) is 4.79 Å². The molecule has 2 aromatic rings. The van der Waals surface area contributed by atoms with Gasteiger partial charge in [-0.05, 0) is 56.2 Å². The van der Waals surface area contributed by atoms with Crippen molar-refractivity contribution in [1.29, 1.82) is 0 Å². The summed E-state index contributed by atoms with van der Waals surface area (Å²) in [6, 6.07) is 6.37. The lowest BCUT2D eigenvalue weighted by Crippen LogP contribution is -2.13. The van der Waals surface area contributed by atoms with E-state index in [9.17, 15) is 9.18 Å². The van der Waals surface area contributed by atoms with Crippen molar-refractivity contribution < 1.29 is 9.18 Å². The Morgan fingerprint density at radius 1 is 1.14 bits per heavy atom. The predicted octanol–water partition coefficient (Wildman–Crippen LogP) is 4.35. The predicted molar refractivity (Wildman–Crippen MR) is 87.1 cm³/mol.